The lowest BCUT2D eigenvalue weighted by molar-refractivity contribution is -0.140. The van der Waals surface area contributed by atoms with E-state index < -0.39 is 0 Å². The van der Waals surface area contributed by atoms with Crippen molar-refractivity contribution < 1.29 is 9.53 Å². The van der Waals surface area contributed by atoms with E-state index in [4.69, 9.17) is 11.6 Å². The van der Waals surface area contributed by atoms with E-state index in [9.17, 15) is 4.79 Å². The number of carbonyl (C=O) groups excluding carboxylic acids is 1. The summed E-state index contributed by atoms with van der Waals surface area (Å²) in [6.45, 7) is 1.94. The van der Waals surface area contributed by atoms with Gasteiger partial charge in [0.2, 0.25) is 0 Å². The number of hydrogen-bond acceptors (Lipinski definition) is 3. The van der Waals surface area contributed by atoms with Gasteiger partial charge in [-0.15, -0.1) is 0 Å². The van der Waals surface area contributed by atoms with Crippen molar-refractivity contribution in [3.63, 3.8) is 0 Å². The summed E-state index contributed by atoms with van der Waals surface area (Å²) < 4.78 is 4.65. The molecule has 0 fully saturated rings. The molecule has 2 rings (SSSR count). The highest BCUT2D eigenvalue weighted by Crippen LogP contribution is 2.24. The Labute approximate surface area is 111 Å². The second kappa shape index (κ2) is 5.36. The van der Waals surface area contributed by atoms with Crippen LogP contribution < -0.4 is 0 Å². The minimum atomic E-state index is -0.226. The van der Waals surface area contributed by atoms with E-state index in [-0.39, 0.29) is 5.97 Å². The summed E-state index contributed by atoms with van der Waals surface area (Å²) in [6, 6.07) is 7.68. The number of fused-ring (bicyclic) bond motifs is 1. The van der Waals surface area contributed by atoms with Crippen LogP contribution in [0.15, 0.2) is 24.3 Å². The Balaban J connectivity index is 2.41. The highest BCUT2D eigenvalue weighted by Gasteiger charge is 2.08. The van der Waals surface area contributed by atoms with E-state index in [1.807, 2.05) is 31.2 Å². The zero-order valence-electron chi connectivity index (χ0n) is 10.4. The fourth-order valence-corrected chi connectivity index (χ4v) is 2.14. The lowest BCUT2D eigenvalue weighted by Gasteiger charge is -2.07. The van der Waals surface area contributed by atoms with Crippen molar-refractivity contribution in [1.82, 2.24) is 4.98 Å². The molecule has 0 saturated carbocycles. The summed E-state index contributed by atoms with van der Waals surface area (Å²) in [4.78, 5) is 15.7. The van der Waals surface area contributed by atoms with Crippen molar-refractivity contribution in [2.75, 3.05) is 7.11 Å². The molecule has 0 N–H and O–H groups in total. The minimum Gasteiger partial charge on any atom is -0.469 e. The largest absolute Gasteiger partial charge is 0.469 e. The van der Waals surface area contributed by atoms with Crippen LogP contribution in [0, 0.1) is 6.92 Å². The van der Waals surface area contributed by atoms with Gasteiger partial charge in [0.15, 0.2) is 0 Å². The van der Waals surface area contributed by atoms with Gasteiger partial charge >= 0.3 is 5.97 Å². The maximum atomic E-state index is 11.2. The zero-order chi connectivity index (χ0) is 13.1. The van der Waals surface area contributed by atoms with Gasteiger partial charge in [-0.05, 0) is 37.1 Å². The fraction of sp³-hybridized carbons (Fsp3) is 0.286. The Morgan fingerprint density at radius 2 is 2.17 bits per heavy atom. The van der Waals surface area contributed by atoms with E-state index in [2.05, 4.69) is 9.72 Å². The Morgan fingerprint density at radius 1 is 1.39 bits per heavy atom. The summed E-state index contributed by atoms with van der Waals surface area (Å²) in [5.41, 5.74) is 2.83. The topological polar surface area (TPSA) is 39.2 Å². The molecule has 2 aromatic rings. The molecule has 1 aromatic carbocycles. The molecule has 4 heteroatoms. The van der Waals surface area contributed by atoms with Crippen LogP contribution in [0.3, 0.4) is 0 Å². The smallest absolute Gasteiger partial charge is 0.305 e. The van der Waals surface area contributed by atoms with E-state index in [0.717, 1.165) is 22.2 Å². The number of aryl methyl sites for hydroxylation is 2. The molecule has 0 aliphatic heterocycles. The number of methoxy groups -OCH3 is 1. The van der Waals surface area contributed by atoms with Gasteiger partial charge in [-0.3, -0.25) is 9.78 Å². The van der Waals surface area contributed by atoms with Gasteiger partial charge in [-0.1, -0.05) is 17.7 Å². The molecule has 0 atom stereocenters. The molecule has 0 unspecified atom stereocenters. The Morgan fingerprint density at radius 3 is 2.89 bits per heavy atom. The number of aromatic nitrogens is 1. The molecule has 0 radical (unpaired) electrons. The number of hydrogen-bond donors (Lipinski definition) is 0. The van der Waals surface area contributed by atoms with Gasteiger partial charge in [0.05, 0.1) is 12.6 Å². The molecule has 0 aliphatic carbocycles. The molecule has 18 heavy (non-hydrogen) atoms. The lowest BCUT2D eigenvalue weighted by Crippen LogP contribution is -2.02. The number of carbonyl (C=O) groups is 1. The molecule has 0 amide bonds. The first-order chi connectivity index (χ1) is 8.60. The van der Waals surface area contributed by atoms with Crippen molar-refractivity contribution in [2.45, 2.75) is 19.8 Å². The van der Waals surface area contributed by atoms with E-state index in [0.29, 0.717) is 17.9 Å². The van der Waals surface area contributed by atoms with Gasteiger partial charge in [0, 0.05) is 22.5 Å². The number of rotatable bonds is 3. The molecule has 0 saturated heterocycles. The normalized spacial score (nSPS) is 10.6. The number of esters is 1. The average Bonchev–Trinajstić information content (AvgIpc) is 2.36. The Bertz CT molecular complexity index is 596. The standard InChI is InChI=1S/C14H14ClNO2/c1-9-3-4-10-7-12(15)8-11(14(10)16-9)5-6-13(17)18-2/h3-4,7-8H,5-6H2,1-2H3. The van der Waals surface area contributed by atoms with Crippen LogP contribution in [0.25, 0.3) is 10.9 Å². The van der Waals surface area contributed by atoms with Crippen LogP contribution in [0.5, 0.6) is 0 Å². The van der Waals surface area contributed by atoms with Crippen LogP contribution in [-0.4, -0.2) is 18.1 Å². The highest BCUT2D eigenvalue weighted by molar-refractivity contribution is 6.31. The Hall–Kier alpha value is -1.61. The molecule has 0 bridgehead atoms. The van der Waals surface area contributed by atoms with E-state index in [1.165, 1.54) is 7.11 Å². The van der Waals surface area contributed by atoms with Crippen molar-refractivity contribution in [2.24, 2.45) is 0 Å². The third kappa shape index (κ3) is 2.79. The molecular formula is C14H14ClNO2. The van der Waals surface area contributed by atoms with Gasteiger partial charge < -0.3 is 4.74 Å². The van der Waals surface area contributed by atoms with Gasteiger partial charge in [-0.25, -0.2) is 0 Å². The number of halogens is 1. The van der Waals surface area contributed by atoms with E-state index >= 15 is 0 Å². The molecule has 0 aliphatic rings. The maximum Gasteiger partial charge on any atom is 0.305 e. The quantitative estimate of drug-likeness (QED) is 0.798. The molecule has 0 spiro atoms. The second-order valence-corrected chi connectivity index (χ2v) is 4.60. The fourth-order valence-electron chi connectivity index (χ4n) is 1.90. The monoisotopic (exact) mass is 263 g/mol. The van der Waals surface area contributed by atoms with E-state index in [1.54, 1.807) is 0 Å². The zero-order valence-corrected chi connectivity index (χ0v) is 11.1. The number of pyridine rings is 1. The van der Waals surface area contributed by atoms with Crippen LogP contribution in [-0.2, 0) is 16.0 Å². The third-order valence-electron chi connectivity index (χ3n) is 2.80. The second-order valence-electron chi connectivity index (χ2n) is 4.17. The number of ether oxygens (including phenoxy) is 1. The van der Waals surface area contributed by atoms with Crippen molar-refractivity contribution >= 4 is 28.5 Å². The number of nitrogens with zero attached hydrogens (tertiary/aromatic N) is 1. The molecule has 3 nitrogen and oxygen atoms in total. The van der Waals surface area contributed by atoms with Gasteiger partial charge in [-0.2, -0.15) is 0 Å². The Kier molecular flexibility index (Phi) is 3.82. The van der Waals surface area contributed by atoms with Crippen molar-refractivity contribution in [1.29, 1.82) is 0 Å². The first-order valence-electron chi connectivity index (χ1n) is 5.73. The molecule has 1 heterocycles. The predicted octanol–water partition coefficient (Wildman–Crippen LogP) is 3.30. The molecule has 94 valence electrons. The van der Waals surface area contributed by atoms with Crippen LogP contribution in [0.1, 0.15) is 17.7 Å². The van der Waals surface area contributed by atoms with Crippen LogP contribution in [0.2, 0.25) is 5.02 Å². The first kappa shape index (κ1) is 12.8. The van der Waals surface area contributed by atoms with Gasteiger partial charge in [0.1, 0.15) is 0 Å². The average molecular weight is 264 g/mol. The third-order valence-corrected chi connectivity index (χ3v) is 3.02. The summed E-state index contributed by atoms with van der Waals surface area (Å²) >= 11 is 6.07. The predicted molar refractivity (Wildman–Crippen MR) is 71.8 cm³/mol. The van der Waals surface area contributed by atoms with Crippen LogP contribution in [0.4, 0.5) is 0 Å². The maximum absolute atomic E-state index is 11.2. The molecule has 1 aromatic heterocycles. The highest BCUT2D eigenvalue weighted by atomic mass is 35.5. The summed E-state index contributed by atoms with van der Waals surface area (Å²) in [6.07, 6.45) is 0.918. The van der Waals surface area contributed by atoms with Gasteiger partial charge in [0.25, 0.3) is 0 Å². The van der Waals surface area contributed by atoms with Crippen molar-refractivity contribution in [3.05, 3.63) is 40.5 Å². The number of benzene rings is 1. The SMILES string of the molecule is COC(=O)CCc1cc(Cl)cc2ccc(C)nc12. The summed E-state index contributed by atoms with van der Waals surface area (Å²) in [7, 11) is 1.39. The first-order valence-corrected chi connectivity index (χ1v) is 6.10. The summed E-state index contributed by atoms with van der Waals surface area (Å²) in [5.74, 6) is -0.226. The minimum absolute atomic E-state index is 0.226. The molecular weight excluding hydrogens is 250 g/mol. The lowest BCUT2D eigenvalue weighted by atomic mass is 10.0. The van der Waals surface area contributed by atoms with Crippen LogP contribution >= 0.6 is 11.6 Å². The summed E-state index contributed by atoms with van der Waals surface area (Å²) in [5, 5.41) is 1.65. The van der Waals surface area contributed by atoms with Crippen molar-refractivity contribution in [3.8, 4) is 0 Å².